The lowest BCUT2D eigenvalue weighted by Crippen LogP contribution is -2.40. The normalized spacial score (nSPS) is 11.8. The topological polar surface area (TPSA) is 3.88 Å². The van der Waals surface area contributed by atoms with Crippen LogP contribution >= 0.6 is 0 Å². The van der Waals surface area contributed by atoms with E-state index < -0.39 is 0 Å². The fourth-order valence-corrected chi connectivity index (χ4v) is 2.22. The van der Waals surface area contributed by atoms with Crippen molar-refractivity contribution in [1.82, 2.24) is 0 Å². The zero-order valence-electron chi connectivity index (χ0n) is 9.60. The molecule has 1 nitrogen and oxygen atoms in total. The molecule has 13 heavy (non-hydrogen) atoms. The van der Waals surface area contributed by atoms with Crippen molar-refractivity contribution in [3.8, 4) is 0 Å². The van der Waals surface area contributed by atoms with Crippen LogP contribution in [0.2, 0.25) is 0 Å². The number of aromatic nitrogens is 1. The molecule has 0 spiro atoms. The van der Waals surface area contributed by atoms with Gasteiger partial charge in [0, 0.05) is 16.5 Å². The molecule has 1 aromatic heterocycles. The minimum atomic E-state index is 0.229. The van der Waals surface area contributed by atoms with Gasteiger partial charge in [-0.3, -0.25) is 0 Å². The Morgan fingerprint density at radius 2 is 1.69 bits per heavy atom. The molecular weight excluding hydrogens is 158 g/mol. The maximum atomic E-state index is 2.25. The van der Waals surface area contributed by atoms with Crippen LogP contribution in [0.1, 0.15) is 37.6 Å². The Bertz CT molecular complexity index is 295. The molecular formula is C12H20N+. The lowest BCUT2D eigenvalue weighted by atomic mass is 9.88. The number of rotatable bonds is 0. The van der Waals surface area contributed by atoms with Gasteiger partial charge in [-0.15, -0.1) is 0 Å². The van der Waals surface area contributed by atoms with Gasteiger partial charge in [0.05, 0.1) is 0 Å². The maximum absolute atomic E-state index is 2.25. The summed E-state index contributed by atoms with van der Waals surface area (Å²) in [4.78, 5) is 0. The highest BCUT2D eigenvalue weighted by Gasteiger charge is 2.25. The molecule has 72 valence electrons. The van der Waals surface area contributed by atoms with Gasteiger partial charge in [-0.1, -0.05) is 20.8 Å². The third-order valence-electron chi connectivity index (χ3n) is 2.28. The van der Waals surface area contributed by atoms with Crippen LogP contribution in [0.25, 0.3) is 0 Å². The molecule has 0 radical (unpaired) electrons. The molecule has 1 aromatic rings. The van der Waals surface area contributed by atoms with E-state index in [1.807, 2.05) is 0 Å². The lowest BCUT2D eigenvalue weighted by Gasteiger charge is -2.18. The predicted octanol–water partition coefficient (Wildman–Crippen LogP) is 2.43. The fraction of sp³-hybridized carbons (Fsp3) is 0.583. The summed E-state index contributed by atoms with van der Waals surface area (Å²) in [5, 5.41) is 0. The fourth-order valence-electron chi connectivity index (χ4n) is 2.22. The van der Waals surface area contributed by atoms with Gasteiger partial charge in [0.15, 0.2) is 11.9 Å². The second kappa shape index (κ2) is 3.13. The Kier molecular flexibility index (Phi) is 2.47. The van der Waals surface area contributed by atoms with Crippen molar-refractivity contribution in [1.29, 1.82) is 0 Å². The van der Waals surface area contributed by atoms with Crippen LogP contribution in [0.3, 0.4) is 0 Å². The van der Waals surface area contributed by atoms with Crippen LogP contribution in [-0.2, 0) is 12.5 Å². The van der Waals surface area contributed by atoms with E-state index in [9.17, 15) is 0 Å². The molecule has 0 amide bonds. The third kappa shape index (κ3) is 2.09. The highest BCUT2D eigenvalue weighted by Crippen LogP contribution is 2.21. The Morgan fingerprint density at radius 3 is 2.08 bits per heavy atom. The van der Waals surface area contributed by atoms with Gasteiger partial charge < -0.3 is 0 Å². The van der Waals surface area contributed by atoms with E-state index in [1.165, 1.54) is 16.8 Å². The molecule has 0 bridgehead atoms. The van der Waals surface area contributed by atoms with Gasteiger partial charge in [0.1, 0.15) is 7.05 Å². The van der Waals surface area contributed by atoms with Crippen LogP contribution in [-0.4, -0.2) is 0 Å². The molecule has 1 heteroatoms. The average molecular weight is 178 g/mol. The van der Waals surface area contributed by atoms with Gasteiger partial charge in [-0.2, -0.15) is 0 Å². The Labute approximate surface area is 81.4 Å². The first-order valence-corrected chi connectivity index (χ1v) is 4.80. The van der Waals surface area contributed by atoms with Crippen molar-refractivity contribution >= 4 is 0 Å². The highest BCUT2D eigenvalue weighted by molar-refractivity contribution is 5.23. The summed E-state index contributed by atoms with van der Waals surface area (Å²) < 4.78 is 2.24. The Balaban J connectivity index is 3.38. The summed E-state index contributed by atoms with van der Waals surface area (Å²) in [7, 11) is 2.13. The summed E-state index contributed by atoms with van der Waals surface area (Å²) in [5.74, 6) is 0. The predicted molar refractivity (Wildman–Crippen MR) is 55.8 cm³/mol. The Hall–Kier alpha value is -0.850. The van der Waals surface area contributed by atoms with Crippen LogP contribution in [0.15, 0.2) is 12.3 Å². The van der Waals surface area contributed by atoms with Crippen molar-refractivity contribution in [3.05, 3.63) is 29.1 Å². The van der Waals surface area contributed by atoms with Crippen LogP contribution in [0, 0.1) is 13.8 Å². The Morgan fingerprint density at radius 1 is 1.15 bits per heavy atom. The van der Waals surface area contributed by atoms with Gasteiger partial charge in [-0.05, 0) is 19.9 Å². The first kappa shape index (κ1) is 10.2. The van der Waals surface area contributed by atoms with Crippen molar-refractivity contribution in [2.75, 3.05) is 0 Å². The van der Waals surface area contributed by atoms with Crippen LogP contribution in [0.5, 0.6) is 0 Å². The van der Waals surface area contributed by atoms with E-state index >= 15 is 0 Å². The van der Waals surface area contributed by atoms with E-state index in [4.69, 9.17) is 0 Å². The molecule has 1 heterocycles. The van der Waals surface area contributed by atoms with Gasteiger partial charge >= 0.3 is 0 Å². The van der Waals surface area contributed by atoms with Crippen molar-refractivity contribution in [3.63, 3.8) is 0 Å². The van der Waals surface area contributed by atoms with Gasteiger partial charge in [0.25, 0.3) is 0 Å². The molecule has 0 N–H and O–H groups in total. The largest absolute Gasteiger partial charge is 0.204 e. The molecule has 0 fully saturated rings. The summed E-state index contributed by atoms with van der Waals surface area (Å²) in [6.45, 7) is 11.1. The SMILES string of the molecule is Cc1cc(C)c(C(C)(C)C)[n+](C)c1. The first-order chi connectivity index (χ1) is 5.82. The zero-order chi connectivity index (χ0) is 10.2. The van der Waals surface area contributed by atoms with Gasteiger partial charge in [-0.25, -0.2) is 4.57 Å². The summed E-state index contributed by atoms with van der Waals surface area (Å²) in [6.07, 6.45) is 2.19. The quantitative estimate of drug-likeness (QED) is 0.537. The van der Waals surface area contributed by atoms with Crippen molar-refractivity contribution < 1.29 is 4.57 Å². The van der Waals surface area contributed by atoms with E-state index in [0.29, 0.717) is 0 Å². The summed E-state index contributed by atoms with van der Waals surface area (Å²) >= 11 is 0. The lowest BCUT2D eigenvalue weighted by molar-refractivity contribution is -0.683. The van der Waals surface area contributed by atoms with Gasteiger partial charge in [0.2, 0.25) is 0 Å². The van der Waals surface area contributed by atoms with E-state index in [2.05, 4.69) is 58.5 Å². The maximum Gasteiger partial charge on any atom is 0.189 e. The molecule has 0 aliphatic rings. The number of pyridine rings is 1. The second-order valence-electron chi connectivity index (χ2n) is 4.91. The number of hydrogen-bond donors (Lipinski definition) is 0. The molecule has 0 aromatic carbocycles. The number of nitrogens with zero attached hydrogens (tertiary/aromatic N) is 1. The first-order valence-electron chi connectivity index (χ1n) is 4.80. The average Bonchev–Trinajstić information content (AvgIpc) is 1.78. The molecule has 1 rings (SSSR count). The minimum Gasteiger partial charge on any atom is -0.204 e. The molecule has 0 unspecified atom stereocenters. The smallest absolute Gasteiger partial charge is 0.189 e. The molecule has 0 aliphatic heterocycles. The van der Waals surface area contributed by atoms with E-state index in [-0.39, 0.29) is 5.41 Å². The summed E-state index contributed by atoms with van der Waals surface area (Å²) in [5.41, 5.74) is 4.35. The number of aryl methyl sites for hydroxylation is 3. The molecule has 0 saturated heterocycles. The standard InChI is InChI=1S/C12H20N/c1-9-7-10(2)11(12(3,4)5)13(6)8-9/h7-8H,1-6H3/q+1. The van der Waals surface area contributed by atoms with Crippen LogP contribution < -0.4 is 4.57 Å². The molecule has 0 saturated carbocycles. The summed E-state index contributed by atoms with van der Waals surface area (Å²) in [6, 6.07) is 2.25. The second-order valence-corrected chi connectivity index (χ2v) is 4.91. The van der Waals surface area contributed by atoms with Crippen molar-refractivity contribution in [2.24, 2.45) is 7.05 Å². The van der Waals surface area contributed by atoms with Crippen molar-refractivity contribution in [2.45, 2.75) is 40.0 Å². The zero-order valence-corrected chi connectivity index (χ0v) is 9.60. The monoisotopic (exact) mass is 178 g/mol. The minimum absolute atomic E-state index is 0.229. The van der Waals surface area contributed by atoms with E-state index in [1.54, 1.807) is 0 Å². The highest BCUT2D eigenvalue weighted by atomic mass is 14.9. The molecule has 0 atom stereocenters. The molecule has 0 aliphatic carbocycles. The third-order valence-corrected chi connectivity index (χ3v) is 2.28. The number of hydrogen-bond acceptors (Lipinski definition) is 0. The van der Waals surface area contributed by atoms with Crippen LogP contribution in [0.4, 0.5) is 0 Å². The van der Waals surface area contributed by atoms with E-state index in [0.717, 1.165) is 0 Å².